The first-order chi connectivity index (χ1) is 9.61. The van der Waals surface area contributed by atoms with Gasteiger partial charge in [-0.2, -0.15) is 0 Å². The van der Waals surface area contributed by atoms with Gasteiger partial charge >= 0.3 is 0 Å². The average Bonchev–Trinajstić information content (AvgIpc) is 2.37. The lowest BCUT2D eigenvalue weighted by molar-refractivity contribution is 1.34. The van der Waals surface area contributed by atoms with Crippen LogP contribution in [0.2, 0.25) is 10.0 Å². The molecule has 3 rings (SSSR count). The van der Waals surface area contributed by atoms with E-state index in [0.717, 1.165) is 22.4 Å². The molecule has 0 bridgehead atoms. The first-order valence-electron chi connectivity index (χ1n) is 6.21. The Morgan fingerprint density at radius 1 is 0.950 bits per heavy atom. The molecule has 0 atom stereocenters. The molecule has 2 nitrogen and oxygen atoms in total. The fourth-order valence-corrected chi connectivity index (χ4v) is 2.71. The molecule has 0 fully saturated rings. The van der Waals surface area contributed by atoms with Crippen molar-refractivity contribution in [2.45, 2.75) is 6.92 Å². The molecule has 1 aromatic heterocycles. The summed E-state index contributed by atoms with van der Waals surface area (Å²) in [5, 5.41) is 5.58. The maximum atomic E-state index is 6.00. The fraction of sp³-hybridized carbons (Fsp3) is 0.0625. The van der Waals surface area contributed by atoms with E-state index in [2.05, 4.69) is 23.3 Å². The van der Waals surface area contributed by atoms with Gasteiger partial charge in [-0.05, 0) is 42.8 Å². The number of hydrogen-bond donors (Lipinski definition) is 1. The normalized spacial score (nSPS) is 10.8. The molecular weight excluding hydrogens is 291 g/mol. The van der Waals surface area contributed by atoms with Gasteiger partial charge in [-0.25, -0.2) is 4.98 Å². The van der Waals surface area contributed by atoms with E-state index in [0.29, 0.717) is 10.0 Å². The van der Waals surface area contributed by atoms with E-state index in [-0.39, 0.29) is 0 Å². The third-order valence-corrected chi connectivity index (χ3v) is 3.49. The topological polar surface area (TPSA) is 24.9 Å². The van der Waals surface area contributed by atoms with Gasteiger partial charge in [-0.1, -0.05) is 41.4 Å². The zero-order valence-corrected chi connectivity index (χ0v) is 12.3. The van der Waals surface area contributed by atoms with E-state index in [1.165, 1.54) is 5.56 Å². The van der Waals surface area contributed by atoms with Gasteiger partial charge in [0.05, 0.1) is 5.52 Å². The molecule has 0 amide bonds. The molecule has 0 spiro atoms. The van der Waals surface area contributed by atoms with E-state index in [1.54, 1.807) is 6.07 Å². The van der Waals surface area contributed by atoms with E-state index < -0.39 is 0 Å². The number of nitrogens with zero attached hydrogens (tertiary/aromatic N) is 1. The average molecular weight is 303 g/mol. The first kappa shape index (κ1) is 13.2. The highest BCUT2D eigenvalue weighted by atomic mass is 35.5. The molecule has 0 unspecified atom stereocenters. The monoisotopic (exact) mass is 302 g/mol. The van der Waals surface area contributed by atoms with Crippen LogP contribution in [0.5, 0.6) is 0 Å². The first-order valence-corrected chi connectivity index (χ1v) is 6.97. The van der Waals surface area contributed by atoms with Crippen molar-refractivity contribution >= 4 is 45.6 Å². The largest absolute Gasteiger partial charge is 0.340 e. The fourth-order valence-electron chi connectivity index (χ4n) is 2.19. The summed E-state index contributed by atoms with van der Waals surface area (Å²) in [7, 11) is 0. The summed E-state index contributed by atoms with van der Waals surface area (Å²) in [4.78, 5) is 4.59. The zero-order valence-electron chi connectivity index (χ0n) is 10.8. The number of aryl methyl sites for hydroxylation is 1. The number of anilines is 2. The number of hydrogen-bond acceptors (Lipinski definition) is 2. The van der Waals surface area contributed by atoms with Crippen LogP contribution < -0.4 is 5.32 Å². The summed E-state index contributed by atoms with van der Waals surface area (Å²) < 4.78 is 0. The third-order valence-electron chi connectivity index (χ3n) is 3.06. The van der Waals surface area contributed by atoms with Crippen LogP contribution in [0, 0.1) is 6.92 Å². The minimum Gasteiger partial charge on any atom is -0.340 e. The molecule has 0 saturated carbocycles. The maximum Gasteiger partial charge on any atom is 0.131 e. The number of benzene rings is 2. The number of aromatic nitrogens is 1. The summed E-state index contributed by atoms with van der Waals surface area (Å²) >= 11 is 12.0. The quantitative estimate of drug-likeness (QED) is 0.667. The molecule has 0 saturated heterocycles. The minimum absolute atomic E-state index is 0.595. The van der Waals surface area contributed by atoms with Gasteiger partial charge in [0.2, 0.25) is 0 Å². The van der Waals surface area contributed by atoms with Crippen molar-refractivity contribution in [3.05, 3.63) is 64.1 Å². The number of para-hydroxylation sites is 1. The molecular formula is C16H12Cl2N2. The molecule has 20 heavy (non-hydrogen) atoms. The van der Waals surface area contributed by atoms with Crippen LogP contribution in [0.1, 0.15) is 5.56 Å². The van der Waals surface area contributed by atoms with Crippen LogP contribution in [0.25, 0.3) is 10.9 Å². The Morgan fingerprint density at radius 3 is 2.40 bits per heavy atom. The van der Waals surface area contributed by atoms with Crippen LogP contribution in [0.15, 0.2) is 48.5 Å². The van der Waals surface area contributed by atoms with Gasteiger partial charge in [-0.15, -0.1) is 0 Å². The zero-order chi connectivity index (χ0) is 14.1. The second-order valence-electron chi connectivity index (χ2n) is 4.62. The summed E-state index contributed by atoms with van der Waals surface area (Å²) in [6.45, 7) is 2.07. The molecule has 1 heterocycles. The number of fused-ring (bicyclic) bond motifs is 1. The van der Waals surface area contributed by atoms with Gasteiger partial charge in [0, 0.05) is 21.1 Å². The molecule has 3 aromatic rings. The van der Waals surface area contributed by atoms with Crippen LogP contribution in [0.3, 0.4) is 0 Å². The van der Waals surface area contributed by atoms with Crippen LogP contribution in [-0.4, -0.2) is 4.98 Å². The summed E-state index contributed by atoms with van der Waals surface area (Å²) in [6, 6.07) is 15.4. The number of rotatable bonds is 2. The predicted octanol–water partition coefficient (Wildman–Crippen LogP) is 5.59. The van der Waals surface area contributed by atoms with Gasteiger partial charge in [-0.3, -0.25) is 0 Å². The van der Waals surface area contributed by atoms with Crippen molar-refractivity contribution in [1.82, 2.24) is 4.98 Å². The molecule has 0 aliphatic rings. The standard InChI is InChI=1S/C16H12Cl2N2/c1-10-6-16(20-15-5-3-2-4-14(10)15)19-13-8-11(17)7-12(18)9-13/h2-9H,1H3,(H,19,20). The molecule has 4 heteroatoms. The van der Waals surface area contributed by atoms with Crippen LogP contribution in [0.4, 0.5) is 11.5 Å². The Bertz CT molecular complexity index is 764. The SMILES string of the molecule is Cc1cc(Nc2cc(Cl)cc(Cl)c2)nc2ccccc12. The summed E-state index contributed by atoms with van der Waals surface area (Å²) in [5.74, 6) is 0.777. The van der Waals surface area contributed by atoms with Crippen molar-refractivity contribution in [2.75, 3.05) is 5.32 Å². The lowest BCUT2D eigenvalue weighted by Gasteiger charge is -2.09. The predicted molar refractivity (Wildman–Crippen MR) is 86.2 cm³/mol. The lowest BCUT2D eigenvalue weighted by atomic mass is 10.1. The third kappa shape index (κ3) is 2.72. The minimum atomic E-state index is 0.595. The highest BCUT2D eigenvalue weighted by Crippen LogP contribution is 2.26. The van der Waals surface area contributed by atoms with Crippen LogP contribution >= 0.6 is 23.2 Å². The Morgan fingerprint density at radius 2 is 1.65 bits per heavy atom. The summed E-state index contributed by atoms with van der Waals surface area (Å²) in [6.07, 6.45) is 0. The van der Waals surface area contributed by atoms with E-state index >= 15 is 0 Å². The van der Waals surface area contributed by atoms with Crippen molar-refractivity contribution in [1.29, 1.82) is 0 Å². The molecule has 0 radical (unpaired) electrons. The highest BCUT2D eigenvalue weighted by molar-refractivity contribution is 6.35. The highest BCUT2D eigenvalue weighted by Gasteiger charge is 2.04. The second kappa shape index (κ2) is 5.31. The Kier molecular flexibility index (Phi) is 3.51. The van der Waals surface area contributed by atoms with Crippen molar-refractivity contribution in [3.8, 4) is 0 Å². The van der Waals surface area contributed by atoms with Crippen molar-refractivity contribution in [2.24, 2.45) is 0 Å². The summed E-state index contributed by atoms with van der Waals surface area (Å²) in [5.41, 5.74) is 2.96. The van der Waals surface area contributed by atoms with Crippen LogP contribution in [-0.2, 0) is 0 Å². The number of halogens is 2. The Hall–Kier alpha value is -1.77. The van der Waals surface area contributed by atoms with Crippen molar-refractivity contribution < 1.29 is 0 Å². The number of nitrogens with one attached hydrogen (secondary N) is 1. The molecule has 0 aliphatic heterocycles. The Balaban J connectivity index is 2.02. The van der Waals surface area contributed by atoms with Gasteiger partial charge in [0.1, 0.15) is 5.82 Å². The number of pyridine rings is 1. The van der Waals surface area contributed by atoms with Gasteiger partial charge in [0.15, 0.2) is 0 Å². The molecule has 1 N–H and O–H groups in total. The van der Waals surface area contributed by atoms with E-state index in [4.69, 9.17) is 23.2 Å². The molecule has 100 valence electrons. The van der Waals surface area contributed by atoms with Crippen molar-refractivity contribution in [3.63, 3.8) is 0 Å². The smallest absolute Gasteiger partial charge is 0.131 e. The lowest BCUT2D eigenvalue weighted by Crippen LogP contribution is -1.95. The van der Waals surface area contributed by atoms with Gasteiger partial charge in [0.25, 0.3) is 0 Å². The second-order valence-corrected chi connectivity index (χ2v) is 5.50. The Labute approximate surface area is 127 Å². The molecule has 0 aliphatic carbocycles. The van der Waals surface area contributed by atoms with E-state index in [9.17, 15) is 0 Å². The molecule has 2 aromatic carbocycles. The van der Waals surface area contributed by atoms with Gasteiger partial charge < -0.3 is 5.32 Å². The maximum absolute atomic E-state index is 6.00. The van der Waals surface area contributed by atoms with E-state index in [1.807, 2.05) is 36.4 Å².